The molecule has 0 radical (unpaired) electrons. The number of aryl methyl sites for hydroxylation is 2. The summed E-state index contributed by atoms with van der Waals surface area (Å²) in [5.41, 5.74) is 9.08. The number of benzene rings is 2. The third-order valence-corrected chi connectivity index (χ3v) is 8.07. The van der Waals surface area contributed by atoms with Crippen molar-refractivity contribution in [3.63, 3.8) is 0 Å². The molecule has 0 atom stereocenters. The summed E-state index contributed by atoms with van der Waals surface area (Å²) in [6, 6.07) is 25.6. The second kappa shape index (κ2) is 8.41. The minimum atomic E-state index is 0.876. The molecule has 40 heavy (non-hydrogen) atoms. The number of hydrogen-bond acceptors (Lipinski definition) is 5. The fourth-order valence-corrected chi connectivity index (χ4v) is 6.25. The number of nitrogens with one attached hydrogen (secondary N) is 2. The molecule has 2 aliphatic rings. The molecule has 0 aliphatic carbocycles. The number of rotatable bonds is 3. The lowest BCUT2D eigenvalue weighted by Gasteiger charge is -2.38. The van der Waals surface area contributed by atoms with Crippen LogP contribution in [-0.2, 0) is 14.1 Å². The normalized spacial score (nSPS) is 14.2. The number of nitrogens with zero attached hydrogens (tertiary/aromatic N) is 7. The molecule has 2 aromatic carbocycles. The lowest BCUT2D eigenvalue weighted by Crippen LogP contribution is -2.44. The minimum absolute atomic E-state index is 0.876. The molecule has 0 amide bonds. The molecule has 2 aliphatic heterocycles. The lowest BCUT2D eigenvalue weighted by atomic mass is 10.1. The van der Waals surface area contributed by atoms with Gasteiger partial charge in [0.1, 0.15) is 11.6 Å². The van der Waals surface area contributed by atoms with E-state index in [2.05, 4.69) is 127 Å². The van der Waals surface area contributed by atoms with Gasteiger partial charge in [-0.25, -0.2) is 14.2 Å². The number of H-pyrrole nitrogens is 1. The summed E-state index contributed by atoms with van der Waals surface area (Å²) < 4.78 is 6.60. The van der Waals surface area contributed by atoms with Crippen molar-refractivity contribution in [2.75, 3.05) is 40.3 Å². The molecule has 9 heteroatoms. The fourth-order valence-electron chi connectivity index (χ4n) is 6.25. The van der Waals surface area contributed by atoms with Gasteiger partial charge in [0.15, 0.2) is 17.7 Å². The number of fused-ring (bicyclic) bond motifs is 5. The average molecular weight is 529 g/mol. The van der Waals surface area contributed by atoms with Gasteiger partial charge in [0.05, 0.1) is 49.5 Å². The Morgan fingerprint density at radius 3 is 2.65 bits per heavy atom. The molecule has 4 aromatic heterocycles. The second-order valence-electron chi connectivity index (χ2n) is 10.5. The summed E-state index contributed by atoms with van der Waals surface area (Å²) in [7, 11) is 6.32. The summed E-state index contributed by atoms with van der Waals surface area (Å²) in [6.45, 7) is 1.76. The van der Waals surface area contributed by atoms with E-state index < -0.39 is 0 Å². The predicted molar refractivity (Wildman–Crippen MR) is 160 cm³/mol. The van der Waals surface area contributed by atoms with Crippen molar-refractivity contribution in [1.82, 2.24) is 19.2 Å². The van der Waals surface area contributed by atoms with E-state index in [0.29, 0.717) is 0 Å². The number of anilines is 7. The Hall–Kier alpha value is -5.18. The van der Waals surface area contributed by atoms with Crippen molar-refractivity contribution in [2.24, 2.45) is 14.1 Å². The third-order valence-electron chi connectivity index (χ3n) is 8.07. The van der Waals surface area contributed by atoms with E-state index in [4.69, 9.17) is 4.98 Å². The van der Waals surface area contributed by atoms with Crippen LogP contribution in [0.25, 0.3) is 22.3 Å². The Balaban J connectivity index is 1.27. The zero-order valence-corrected chi connectivity index (χ0v) is 22.7. The maximum absolute atomic E-state index is 4.73. The van der Waals surface area contributed by atoms with Crippen LogP contribution < -0.4 is 24.7 Å². The quantitative estimate of drug-likeness (QED) is 0.299. The number of hydrogen-bond donors (Lipinski definition) is 2. The molecule has 198 valence electrons. The van der Waals surface area contributed by atoms with Crippen LogP contribution in [0.3, 0.4) is 0 Å². The van der Waals surface area contributed by atoms with Gasteiger partial charge in [-0.1, -0.05) is 30.3 Å². The van der Waals surface area contributed by atoms with Crippen LogP contribution in [0.2, 0.25) is 0 Å². The number of likely N-dealkylation sites (N-methyl/N-ethyl adjacent to an activating group) is 1. The molecule has 6 heterocycles. The molecule has 0 saturated carbocycles. The molecule has 8 rings (SSSR count). The van der Waals surface area contributed by atoms with Crippen molar-refractivity contribution in [2.45, 2.75) is 0 Å². The van der Waals surface area contributed by atoms with Crippen molar-refractivity contribution in [3.8, 4) is 11.1 Å². The smallest absolute Gasteiger partial charge is 0.268 e. The largest absolute Gasteiger partial charge is 0.337 e. The SMILES string of the molecule is CN1CCN(c2cccc(-c3cn(C)c4c3[nH]c[n+]4C)c2)c2cc3c(n21)Nc1ccccc1N3c1ccccn1. The van der Waals surface area contributed by atoms with Crippen LogP contribution >= 0.6 is 0 Å². The summed E-state index contributed by atoms with van der Waals surface area (Å²) in [4.78, 5) is 12.9. The van der Waals surface area contributed by atoms with Crippen LogP contribution in [-0.4, -0.2) is 39.3 Å². The average Bonchev–Trinajstić information content (AvgIpc) is 3.66. The molecular weight excluding hydrogens is 498 g/mol. The minimum Gasteiger partial charge on any atom is -0.337 e. The first-order valence-electron chi connectivity index (χ1n) is 13.5. The number of pyridine rings is 1. The molecule has 0 saturated heterocycles. The summed E-state index contributed by atoms with van der Waals surface area (Å²) in [6.07, 6.45) is 6.07. The number of para-hydroxylation sites is 2. The summed E-state index contributed by atoms with van der Waals surface area (Å²) in [5, 5.41) is 6.01. The Bertz CT molecular complexity index is 1900. The van der Waals surface area contributed by atoms with Gasteiger partial charge in [0, 0.05) is 31.5 Å². The van der Waals surface area contributed by atoms with E-state index in [9.17, 15) is 0 Å². The number of aromatic amines is 1. The standard InChI is InChI=1S/C31H29N9/c1-35-19-23(29-31(35)36(2)20-33-29)21-9-8-10-22(17-21)38-16-15-37(3)40-28(38)18-26-30(40)34-24-11-4-5-12-25(24)39(26)27-13-6-7-14-32-27/h4-14,17-20,34H,15-16H2,1-3H3/p+1. The highest BCUT2D eigenvalue weighted by molar-refractivity contribution is 5.98. The maximum atomic E-state index is 4.73. The molecule has 0 spiro atoms. The first kappa shape index (κ1) is 22.8. The Kier molecular flexibility index (Phi) is 4.79. The summed E-state index contributed by atoms with van der Waals surface area (Å²) in [5.74, 6) is 3.04. The molecule has 9 nitrogen and oxygen atoms in total. The van der Waals surface area contributed by atoms with Gasteiger partial charge in [-0.05, 0) is 42.0 Å². The summed E-state index contributed by atoms with van der Waals surface area (Å²) >= 11 is 0. The van der Waals surface area contributed by atoms with E-state index in [0.717, 1.165) is 58.8 Å². The molecule has 0 fully saturated rings. The highest BCUT2D eigenvalue weighted by Gasteiger charge is 2.34. The van der Waals surface area contributed by atoms with Crippen molar-refractivity contribution >= 4 is 51.4 Å². The van der Waals surface area contributed by atoms with Gasteiger partial charge in [0.2, 0.25) is 0 Å². The van der Waals surface area contributed by atoms with E-state index in [1.165, 1.54) is 16.8 Å². The highest BCUT2D eigenvalue weighted by atomic mass is 15.6. The predicted octanol–water partition coefficient (Wildman–Crippen LogP) is 5.44. The number of imidazole rings is 1. The fraction of sp³-hybridized carbons (Fsp3) is 0.161. The van der Waals surface area contributed by atoms with Crippen LogP contribution in [0.5, 0.6) is 0 Å². The zero-order chi connectivity index (χ0) is 27.0. The van der Waals surface area contributed by atoms with Gasteiger partial charge >= 0.3 is 0 Å². The van der Waals surface area contributed by atoms with Gasteiger partial charge < -0.3 is 15.2 Å². The Morgan fingerprint density at radius 1 is 0.900 bits per heavy atom. The highest BCUT2D eigenvalue weighted by Crippen LogP contribution is 2.51. The van der Waals surface area contributed by atoms with Crippen LogP contribution in [0.15, 0.2) is 91.5 Å². The Labute approximate surface area is 232 Å². The monoisotopic (exact) mass is 528 g/mol. The maximum Gasteiger partial charge on any atom is 0.268 e. The van der Waals surface area contributed by atoms with Crippen LogP contribution in [0, 0.1) is 0 Å². The zero-order valence-electron chi connectivity index (χ0n) is 22.7. The van der Waals surface area contributed by atoms with Gasteiger partial charge in [-0.3, -0.25) is 14.5 Å². The van der Waals surface area contributed by atoms with Gasteiger partial charge in [0.25, 0.3) is 5.65 Å². The van der Waals surface area contributed by atoms with Crippen molar-refractivity contribution in [3.05, 3.63) is 91.5 Å². The van der Waals surface area contributed by atoms with E-state index >= 15 is 0 Å². The molecule has 0 bridgehead atoms. The van der Waals surface area contributed by atoms with Crippen LogP contribution in [0.1, 0.15) is 0 Å². The van der Waals surface area contributed by atoms with E-state index in [1.807, 2.05) is 24.7 Å². The first-order valence-corrected chi connectivity index (χ1v) is 13.5. The lowest BCUT2D eigenvalue weighted by molar-refractivity contribution is -0.647. The van der Waals surface area contributed by atoms with Crippen molar-refractivity contribution < 1.29 is 4.57 Å². The molecule has 0 unspecified atom stereocenters. The van der Waals surface area contributed by atoms with E-state index in [1.54, 1.807) is 0 Å². The van der Waals surface area contributed by atoms with Gasteiger partial charge in [-0.15, -0.1) is 0 Å². The molecule has 6 aromatic rings. The Morgan fingerprint density at radius 2 is 1.77 bits per heavy atom. The number of aromatic nitrogens is 5. The topological polar surface area (TPSA) is 64.2 Å². The van der Waals surface area contributed by atoms with Gasteiger partial charge in [-0.2, -0.15) is 0 Å². The molecular formula is C31H30N9+. The molecule has 2 N–H and O–H groups in total. The second-order valence-corrected chi connectivity index (χ2v) is 10.5. The van der Waals surface area contributed by atoms with Crippen molar-refractivity contribution in [1.29, 1.82) is 0 Å². The first-order chi connectivity index (χ1) is 19.6. The van der Waals surface area contributed by atoms with E-state index in [-0.39, 0.29) is 0 Å². The van der Waals surface area contributed by atoms with Crippen LogP contribution in [0.4, 0.5) is 40.2 Å². The third kappa shape index (κ3) is 3.21.